The molecular weight excluding hydrogens is 362 g/mol. The van der Waals surface area contributed by atoms with E-state index in [4.69, 9.17) is 14.2 Å². The van der Waals surface area contributed by atoms with Crippen LogP contribution >= 0.6 is 0 Å². The number of fused-ring (bicyclic) bond motifs is 1. The van der Waals surface area contributed by atoms with E-state index >= 15 is 0 Å². The number of anilines is 1. The van der Waals surface area contributed by atoms with Crippen molar-refractivity contribution in [2.45, 2.75) is 39.7 Å². The molecule has 0 spiro atoms. The van der Waals surface area contributed by atoms with E-state index in [1.54, 1.807) is 11.8 Å². The summed E-state index contributed by atoms with van der Waals surface area (Å²) in [5.74, 6) is 1.27. The second-order valence-electron chi connectivity index (χ2n) is 6.35. The number of nitrogens with one attached hydrogen (secondary N) is 1. The second kappa shape index (κ2) is 8.73. The average Bonchev–Trinajstić information content (AvgIpc) is 3.15. The number of benzene rings is 1. The number of tetrazole rings is 1. The molecule has 2 aromatic rings. The summed E-state index contributed by atoms with van der Waals surface area (Å²) in [6, 6.07) is 4.99. The van der Waals surface area contributed by atoms with Crippen LogP contribution in [0, 0.1) is 0 Å². The van der Waals surface area contributed by atoms with Gasteiger partial charge in [0.05, 0.1) is 25.9 Å². The summed E-state index contributed by atoms with van der Waals surface area (Å²) < 4.78 is 18.1. The number of nitrogens with zero attached hydrogens (tertiary/aromatic N) is 4. The fourth-order valence-electron chi connectivity index (χ4n) is 3.10. The topological polar surface area (TPSA) is 100 Å². The van der Waals surface area contributed by atoms with Crippen molar-refractivity contribution in [1.82, 2.24) is 20.2 Å². The van der Waals surface area contributed by atoms with Gasteiger partial charge in [0.2, 0.25) is 5.95 Å². The molecule has 2 heterocycles. The Hall–Kier alpha value is -3.10. The maximum absolute atomic E-state index is 12.9. The van der Waals surface area contributed by atoms with Crippen molar-refractivity contribution in [1.29, 1.82) is 0 Å². The third-order valence-corrected chi connectivity index (χ3v) is 4.47. The number of methoxy groups -OCH3 is 1. The highest BCUT2D eigenvalue weighted by atomic mass is 16.5. The average molecular weight is 387 g/mol. The molecule has 9 nitrogen and oxygen atoms in total. The van der Waals surface area contributed by atoms with Gasteiger partial charge in [0.15, 0.2) is 11.5 Å². The van der Waals surface area contributed by atoms with Crippen LogP contribution in [-0.2, 0) is 9.53 Å². The molecule has 0 aliphatic carbocycles. The van der Waals surface area contributed by atoms with Crippen molar-refractivity contribution in [3.63, 3.8) is 0 Å². The van der Waals surface area contributed by atoms with Crippen LogP contribution in [0.15, 0.2) is 29.5 Å². The maximum atomic E-state index is 12.9. The van der Waals surface area contributed by atoms with E-state index in [1.807, 2.05) is 39.0 Å². The predicted molar refractivity (Wildman–Crippen MR) is 102 cm³/mol. The van der Waals surface area contributed by atoms with Crippen LogP contribution < -0.4 is 14.8 Å². The summed E-state index contributed by atoms with van der Waals surface area (Å²) in [6.45, 7) is 6.66. The molecule has 0 saturated heterocycles. The first-order valence-electron chi connectivity index (χ1n) is 9.34. The van der Waals surface area contributed by atoms with Crippen LogP contribution in [-0.4, -0.2) is 46.5 Å². The zero-order chi connectivity index (χ0) is 20.1. The molecule has 0 fully saturated rings. The van der Waals surface area contributed by atoms with Crippen molar-refractivity contribution in [3.05, 3.63) is 35.0 Å². The fourth-order valence-corrected chi connectivity index (χ4v) is 3.10. The van der Waals surface area contributed by atoms with Gasteiger partial charge in [-0.3, -0.25) is 0 Å². The van der Waals surface area contributed by atoms with Gasteiger partial charge in [-0.1, -0.05) is 24.5 Å². The lowest BCUT2D eigenvalue weighted by Gasteiger charge is -2.27. The molecule has 9 heteroatoms. The number of hydrogen-bond donors (Lipinski definition) is 1. The lowest BCUT2D eigenvalue weighted by Crippen LogP contribution is -2.30. The number of unbranched alkanes of at least 4 members (excludes halogenated alkanes) is 1. The Kier molecular flexibility index (Phi) is 6.13. The zero-order valence-corrected chi connectivity index (χ0v) is 16.6. The van der Waals surface area contributed by atoms with Gasteiger partial charge in [-0.25, -0.2) is 4.79 Å². The Labute approximate surface area is 163 Å². The summed E-state index contributed by atoms with van der Waals surface area (Å²) in [5.41, 5.74) is 1.90. The Morgan fingerprint density at radius 3 is 2.82 bits per heavy atom. The number of ether oxygens (including phenoxy) is 3. The van der Waals surface area contributed by atoms with E-state index in [-0.39, 0.29) is 0 Å². The number of esters is 1. The standard InChI is InChI=1S/C19H25N5O4/c1-5-7-10-28-18(25)16-12(3)20-19-21-22-23-24(19)17(16)13-8-9-14(27-6-2)15(11-13)26-4/h8-9,11,17H,5-7,10H2,1-4H3,(H,20,21,23). The van der Waals surface area contributed by atoms with Crippen LogP contribution in [0.5, 0.6) is 11.5 Å². The normalized spacial score (nSPS) is 15.6. The first-order chi connectivity index (χ1) is 13.6. The molecular formula is C19H25N5O4. The number of carbonyl (C=O) groups excluding carboxylic acids is 1. The van der Waals surface area contributed by atoms with Crippen molar-refractivity contribution in [3.8, 4) is 11.5 Å². The van der Waals surface area contributed by atoms with Gasteiger partial charge in [-0.2, -0.15) is 4.68 Å². The van der Waals surface area contributed by atoms with Crippen molar-refractivity contribution < 1.29 is 19.0 Å². The summed E-state index contributed by atoms with van der Waals surface area (Å²) >= 11 is 0. The van der Waals surface area contributed by atoms with Crippen LogP contribution in [0.2, 0.25) is 0 Å². The minimum absolute atomic E-state index is 0.369. The van der Waals surface area contributed by atoms with Crippen LogP contribution in [0.3, 0.4) is 0 Å². The molecule has 0 radical (unpaired) electrons. The van der Waals surface area contributed by atoms with Gasteiger partial charge >= 0.3 is 5.97 Å². The Morgan fingerprint density at radius 2 is 2.11 bits per heavy atom. The Balaban J connectivity index is 2.03. The van der Waals surface area contributed by atoms with Crippen LogP contribution in [0.1, 0.15) is 45.2 Å². The summed E-state index contributed by atoms with van der Waals surface area (Å²) in [4.78, 5) is 12.9. The summed E-state index contributed by atoms with van der Waals surface area (Å²) in [6.07, 6.45) is 1.75. The minimum Gasteiger partial charge on any atom is -0.493 e. The first kappa shape index (κ1) is 19.7. The van der Waals surface area contributed by atoms with Gasteiger partial charge in [-0.15, -0.1) is 0 Å². The molecule has 0 bridgehead atoms. The lowest BCUT2D eigenvalue weighted by atomic mass is 9.95. The largest absolute Gasteiger partial charge is 0.493 e. The maximum Gasteiger partial charge on any atom is 0.338 e. The number of allylic oxidation sites excluding steroid dienone is 1. The molecule has 0 amide bonds. The highest BCUT2D eigenvalue weighted by Gasteiger charge is 2.35. The van der Waals surface area contributed by atoms with E-state index < -0.39 is 12.0 Å². The molecule has 1 aromatic carbocycles. The Bertz CT molecular complexity index is 877. The quantitative estimate of drug-likeness (QED) is 0.545. The van der Waals surface area contributed by atoms with E-state index in [2.05, 4.69) is 20.8 Å². The molecule has 3 rings (SSSR count). The van der Waals surface area contributed by atoms with Crippen LogP contribution in [0.4, 0.5) is 5.95 Å². The number of aromatic nitrogens is 4. The highest BCUT2D eigenvalue weighted by molar-refractivity contribution is 5.92. The number of rotatable bonds is 8. The SMILES string of the molecule is CCCCOC(=O)C1=C(C)Nc2nnnn2C1c1ccc(OCC)c(OC)c1. The second-order valence-corrected chi connectivity index (χ2v) is 6.35. The van der Waals surface area contributed by atoms with E-state index in [9.17, 15) is 4.79 Å². The zero-order valence-electron chi connectivity index (χ0n) is 16.6. The molecule has 0 saturated carbocycles. The fraction of sp³-hybridized carbons (Fsp3) is 0.474. The molecule has 28 heavy (non-hydrogen) atoms. The number of carbonyl (C=O) groups is 1. The van der Waals surface area contributed by atoms with Crippen molar-refractivity contribution >= 4 is 11.9 Å². The van der Waals surface area contributed by atoms with Gasteiger partial charge in [0.1, 0.15) is 6.04 Å². The molecule has 1 aliphatic rings. The van der Waals surface area contributed by atoms with E-state index in [0.717, 1.165) is 18.4 Å². The van der Waals surface area contributed by atoms with E-state index in [1.165, 1.54) is 0 Å². The third kappa shape index (κ3) is 3.78. The minimum atomic E-state index is -0.537. The Morgan fingerprint density at radius 1 is 1.29 bits per heavy atom. The van der Waals surface area contributed by atoms with Gasteiger partial charge < -0.3 is 19.5 Å². The summed E-state index contributed by atoms with van der Waals surface area (Å²) in [5, 5.41) is 14.9. The van der Waals surface area contributed by atoms with Gasteiger partial charge in [0.25, 0.3) is 0 Å². The predicted octanol–water partition coefficient (Wildman–Crippen LogP) is 2.71. The van der Waals surface area contributed by atoms with Gasteiger partial charge in [0, 0.05) is 5.70 Å². The molecule has 1 unspecified atom stereocenters. The molecule has 150 valence electrons. The lowest BCUT2D eigenvalue weighted by molar-refractivity contribution is -0.139. The third-order valence-electron chi connectivity index (χ3n) is 4.47. The van der Waals surface area contributed by atoms with E-state index in [0.29, 0.717) is 41.9 Å². The number of hydrogen-bond acceptors (Lipinski definition) is 8. The molecule has 1 atom stereocenters. The molecule has 1 aliphatic heterocycles. The molecule has 1 N–H and O–H groups in total. The highest BCUT2D eigenvalue weighted by Crippen LogP contribution is 2.38. The monoisotopic (exact) mass is 387 g/mol. The summed E-state index contributed by atoms with van der Waals surface area (Å²) in [7, 11) is 1.58. The molecule has 1 aromatic heterocycles. The van der Waals surface area contributed by atoms with Crippen LogP contribution in [0.25, 0.3) is 0 Å². The van der Waals surface area contributed by atoms with Gasteiger partial charge in [-0.05, 0) is 48.4 Å². The smallest absolute Gasteiger partial charge is 0.338 e. The van der Waals surface area contributed by atoms with Crippen molar-refractivity contribution in [2.24, 2.45) is 0 Å². The van der Waals surface area contributed by atoms with Crippen molar-refractivity contribution in [2.75, 3.05) is 25.6 Å². The first-order valence-corrected chi connectivity index (χ1v) is 9.34.